The molecule has 2 aliphatic rings. The molecule has 0 unspecified atom stereocenters. The van der Waals surface area contributed by atoms with Crippen molar-refractivity contribution in [1.29, 1.82) is 0 Å². The zero-order valence-electron chi connectivity index (χ0n) is 21.2. The van der Waals surface area contributed by atoms with Crippen LogP contribution in [0.3, 0.4) is 0 Å². The van der Waals surface area contributed by atoms with Crippen molar-refractivity contribution in [2.45, 2.75) is 69.9 Å². The smallest absolute Gasteiger partial charge is 0.251 e. The van der Waals surface area contributed by atoms with Crippen LogP contribution < -0.4 is 5.32 Å². The molecule has 0 saturated heterocycles. The Bertz CT molecular complexity index is 1320. The highest BCUT2D eigenvalue weighted by molar-refractivity contribution is 5.94. The minimum Gasteiger partial charge on any atom is -0.378 e. The third-order valence-corrected chi connectivity index (χ3v) is 8.29. The van der Waals surface area contributed by atoms with Gasteiger partial charge in [-0.2, -0.15) is 0 Å². The molecule has 1 saturated carbocycles. The third-order valence-electron chi connectivity index (χ3n) is 8.29. The van der Waals surface area contributed by atoms with E-state index in [-0.39, 0.29) is 11.3 Å². The summed E-state index contributed by atoms with van der Waals surface area (Å²) in [6.45, 7) is 4.23. The van der Waals surface area contributed by atoms with Crippen molar-refractivity contribution in [2.24, 2.45) is 5.92 Å². The fraction of sp³-hybridized carbons (Fsp3) is 0.375. The van der Waals surface area contributed by atoms with E-state index in [1.54, 1.807) is 6.20 Å². The van der Waals surface area contributed by atoms with E-state index in [1.807, 2.05) is 32.0 Å². The van der Waals surface area contributed by atoms with Gasteiger partial charge in [-0.15, -0.1) is 5.92 Å². The molecule has 0 radical (unpaired) electrons. The lowest BCUT2D eigenvalue weighted by Crippen LogP contribution is -2.51. The predicted molar refractivity (Wildman–Crippen MR) is 142 cm³/mol. The van der Waals surface area contributed by atoms with Crippen LogP contribution in [0.2, 0.25) is 0 Å². The minimum absolute atomic E-state index is 0.0571. The monoisotopic (exact) mass is 478 g/mol. The number of hydrogen-bond acceptors (Lipinski definition) is 3. The summed E-state index contributed by atoms with van der Waals surface area (Å²) in [5.74, 6) is 6.34. The van der Waals surface area contributed by atoms with E-state index in [2.05, 4.69) is 64.6 Å². The van der Waals surface area contributed by atoms with Gasteiger partial charge in [0.15, 0.2) is 0 Å². The molecule has 1 amide bonds. The van der Waals surface area contributed by atoms with Crippen molar-refractivity contribution in [1.82, 2.24) is 10.3 Å². The van der Waals surface area contributed by atoms with Crippen molar-refractivity contribution in [2.75, 3.05) is 0 Å². The summed E-state index contributed by atoms with van der Waals surface area (Å²) in [7, 11) is 0. The average Bonchev–Trinajstić information content (AvgIpc) is 2.89. The van der Waals surface area contributed by atoms with Crippen LogP contribution >= 0.6 is 0 Å². The molecule has 3 atom stereocenters. The van der Waals surface area contributed by atoms with E-state index in [0.29, 0.717) is 30.9 Å². The molecular weight excluding hydrogens is 444 g/mol. The zero-order chi connectivity index (χ0) is 25.2. The molecule has 2 aromatic carbocycles. The van der Waals surface area contributed by atoms with E-state index < -0.39 is 5.60 Å². The second-order valence-corrected chi connectivity index (χ2v) is 10.5. The second-order valence-electron chi connectivity index (χ2n) is 10.5. The summed E-state index contributed by atoms with van der Waals surface area (Å²) in [6.07, 6.45) is 6.87. The summed E-state index contributed by atoms with van der Waals surface area (Å²) < 4.78 is 0. The van der Waals surface area contributed by atoms with E-state index in [0.717, 1.165) is 36.9 Å². The quantitative estimate of drug-likeness (QED) is 0.489. The summed E-state index contributed by atoms with van der Waals surface area (Å²) in [4.78, 5) is 17.4. The Morgan fingerprint density at radius 1 is 1.14 bits per heavy atom. The van der Waals surface area contributed by atoms with Gasteiger partial charge in [-0.3, -0.25) is 9.78 Å². The van der Waals surface area contributed by atoms with Crippen LogP contribution in [-0.2, 0) is 24.8 Å². The zero-order valence-corrected chi connectivity index (χ0v) is 21.2. The summed E-state index contributed by atoms with van der Waals surface area (Å²) >= 11 is 0. The van der Waals surface area contributed by atoms with E-state index in [9.17, 15) is 9.90 Å². The highest BCUT2D eigenvalue weighted by atomic mass is 16.3. The van der Waals surface area contributed by atoms with Crippen LogP contribution in [0, 0.1) is 24.7 Å². The SMILES string of the molecule is CC#C[C@@]1(O)CC[C@]2(Cc3ccccc3)c3ccc(C(=O)NCc4cccnc4C)cc3CC[C@H]2C1. The molecule has 5 rings (SSSR count). The highest BCUT2D eigenvalue weighted by Crippen LogP contribution is 2.54. The van der Waals surface area contributed by atoms with E-state index in [1.165, 1.54) is 16.7 Å². The number of nitrogens with one attached hydrogen (secondary N) is 1. The van der Waals surface area contributed by atoms with Crippen molar-refractivity contribution >= 4 is 5.91 Å². The Hall–Kier alpha value is -3.42. The Labute approximate surface area is 214 Å². The first-order valence-corrected chi connectivity index (χ1v) is 12.9. The van der Waals surface area contributed by atoms with Crippen LogP contribution in [0.15, 0.2) is 66.9 Å². The molecule has 3 aromatic rings. The topological polar surface area (TPSA) is 62.2 Å². The molecule has 1 heterocycles. The lowest BCUT2D eigenvalue weighted by molar-refractivity contribution is -0.00801. The first-order chi connectivity index (χ1) is 17.4. The number of rotatable bonds is 5. The fourth-order valence-electron chi connectivity index (χ4n) is 6.45. The van der Waals surface area contributed by atoms with Gasteiger partial charge in [0.05, 0.1) is 0 Å². The molecule has 0 aliphatic heterocycles. The molecule has 36 heavy (non-hydrogen) atoms. The third kappa shape index (κ3) is 4.68. The number of fused-ring (bicyclic) bond motifs is 3. The van der Waals surface area contributed by atoms with Crippen molar-refractivity contribution in [3.63, 3.8) is 0 Å². The van der Waals surface area contributed by atoms with Gasteiger partial charge in [0.1, 0.15) is 5.60 Å². The van der Waals surface area contributed by atoms with Crippen LogP contribution in [0.4, 0.5) is 0 Å². The molecule has 1 fully saturated rings. The maximum Gasteiger partial charge on any atom is 0.251 e. The van der Waals surface area contributed by atoms with Gasteiger partial charge in [0.25, 0.3) is 5.91 Å². The molecule has 2 aliphatic carbocycles. The molecule has 0 spiro atoms. The van der Waals surface area contributed by atoms with Crippen molar-refractivity contribution in [3.05, 3.63) is 100 Å². The van der Waals surface area contributed by atoms with Gasteiger partial charge in [-0.05, 0) is 98.7 Å². The first-order valence-electron chi connectivity index (χ1n) is 12.9. The van der Waals surface area contributed by atoms with Gasteiger partial charge < -0.3 is 10.4 Å². The standard InChI is InChI=1S/C32H34N2O2/c1-3-15-31(36)16-17-32(20-24-8-5-4-6-9-24)28(21-31)13-11-25-19-26(12-14-29(25)32)30(35)34-22-27-10-7-18-33-23(27)2/h4-10,12,14,18-19,28,36H,11,13,16-17,20-22H2,1-2H3,(H,34,35)/t28-,31+,32+/m0/s1. The number of hydrogen-bond donors (Lipinski definition) is 2. The van der Waals surface area contributed by atoms with Crippen molar-refractivity contribution in [3.8, 4) is 11.8 Å². The van der Waals surface area contributed by atoms with Crippen molar-refractivity contribution < 1.29 is 9.90 Å². The average molecular weight is 479 g/mol. The minimum atomic E-state index is -0.901. The first kappa shape index (κ1) is 24.3. The molecule has 0 bridgehead atoms. The molecule has 4 heteroatoms. The lowest BCUT2D eigenvalue weighted by atomic mass is 9.52. The Balaban J connectivity index is 1.44. The number of amides is 1. The maximum atomic E-state index is 13.0. The normalized spacial score (nSPS) is 24.6. The summed E-state index contributed by atoms with van der Waals surface area (Å²) in [6, 6.07) is 20.8. The van der Waals surface area contributed by atoms with E-state index in [4.69, 9.17) is 0 Å². The van der Waals surface area contributed by atoms with Gasteiger partial charge in [0, 0.05) is 29.4 Å². The van der Waals surface area contributed by atoms with Gasteiger partial charge in [-0.1, -0.05) is 48.4 Å². The Kier molecular flexibility index (Phi) is 6.69. The summed E-state index contributed by atoms with van der Waals surface area (Å²) in [5.41, 5.74) is 5.62. The number of aliphatic hydroxyl groups is 1. The van der Waals surface area contributed by atoms with Gasteiger partial charge >= 0.3 is 0 Å². The number of aryl methyl sites for hydroxylation is 2. The number of carbonyl (C=O) groups excluding carboxylic acids is 1. The second kappa shape index (κ2) is 9.91. The Morgan fingerprint density at radius 3 is 2.75 bits per heavy atom. The lowest BCUT2D eigenvalue weighted by Gasteiger charge is -2.52. The van der Waals surface area contributed by atoms with Gasteiger partial charge in [0.2, 0.25) is 0 Å². The molecule has 1 aromatic heterocycles. The predicted octanol–water partition coefficient (Wildman–Crippen LogP) is 5.30. The van der Waals surface area contributed by atoms with E-state index >= 15 is 0 Å². The van der Waals surface area contributed by atoms with Crippen LogP contribution in [-0.4, -0.2) is 21.6 Å². The maximum absolute atomic E-state index is 13.0. The largest absolute Gasteiger partial charge is 0.378 e. The summed E-state index contributed by atoms with van der Waals surface area (Å²) in [5, 5.41) is 14.3. The molecule has 2 N–H and O–H groups in total. The number of pyridine rings is 1. The van der Waals surface area contributed by atoms with Crippen LogP contribution in [0.25, 0.3) is 0 Å². The number of benzene rings is 2. The number of aromatic nitrogens is 1. The molecule has 4 nitrogen and oxygen atoms in total. The van der Waals surface area contributed by atoms with Crippen LogP contribution in [0.1, 0.15) is 70.9 Å². The van der Waals surface area contributed by atoms with Gasteiger partial charge in [-0.25, -0.2) is 0 Å². The molecular formula is C32H34N2O2. The van der Waals surface area contributed by atoms with Crippen LogP contribution in [0.5, 0.6) is 0 Å². The number of carbonyl (C=O) groups is 1. The highest BCUT2D eigenvalue weighted by Gasteiger charge is 2.51. The Morgan fingerprint density at radius 2 is 1.97 bits per heavy atom. The molecule has 184 valence electrons. The fourth-order valence-corrected chi connectivity index (χ4v) is 6.45. The number of nitrogens with zero attached hydrogens (tertiary/aromatic N) is 1.